The Morgan fingerprint density at radius 2 is 2.05 bits per heavy atom. The van der Waals surface area contributed by atoms with Gasteiger partial charge in [-0.05, 0) is 42.3 Å². The van der Waals surface area contributed by atoms with Crippen LogP contribution in [0.3, 0.4) is 0 Å². The van der Waals surface area contributed by atoms with Gasteiger partial charge in [-0.25, -0.2) is 0 Å². The van der Waals surface area contributed by atoms with Crippen molar-refractivity contribution in [2.24, 2.45) is 5.73 Å². The lowest BCUT2D eigenvalue weighted by atomic mass is 10.0. The van der Waals surface area contributed by atoms with Gasteiger partial charge in [-0.15, -0.1) is 0 Å². The Bertz CT molecular complexity index is 593. The van der Waals surface area contributed by atoms with E-state index in [0.717, 1.165) is 13.2 Å². The molecule has 1 aliphatic heterocycles. The average Bonchev–Trinajstić information content (AvgIpc) is 3.01. The summed E-state index contributed by atoms with van der Waals surface area (Å²) in [4.78, 5) is 2.33. The van der Waals surface area contributed by atoms with E-state index < -0.39 is 0 Å². The highest BCUT2D eigenvalue weighted by Crippen LogP contribution is 2.25. The predicted molar refractivity (Wildman–Crippen MR) is 87.3 cm³/mol. The summed E-state index contributed by atoms with van der Waals surface area (Å²) in [5.74, 6) is 0. The molecule has 112 valence electrons. The molecule has 1 aliphatic rings. The summed E-state index contributed by atoms with van der Waals surface area (Å²) in [7, 11) is 2.15. The zero-order valence-electron chi connectivity index (χ0n) is 12.7. The number of nitrogens with zero attached hydrogens (tertiary/aromatic N) is 1. The maximum absolute atomic E-state index is 6.04. The molecule has 0 spiro atoms. The van der Waals surface area contributed by atoms with Gasteiger partial charge >= 0.3 is 0 Å². The number of hydrogen-bond donors (Lipinski definition) is 1. The maximum atomic E-state index is 6.04. The first-order chi connectivity index (χ1) is 10.3. The highest BCUT2D eigenvalue weighted by molar-refractivity contribution is 5.83. The quantitative estimate of drug-likeness (QED) is 0.917. The third kappa shape index (κ3) is 3.26. The van der Waals surface area contributed by atoms with Crippen LogP contribution in [0.15, 0.2) is 42.5 Å². The molecule has 2 atom stereocenters. The molecule has 3 heteroatoms. The summed E-state index contributed by atoms with van der Waals surface area (Å²) < 4.78 is 5.74. The van der Waals surface area contributed by atoms with Crippen LogP contribution < -0.4 is 5.73 Å². The first-order valence-corrected chi connectivity index (χ1v) is 7.78. The molecular weight excluding hydrogens is 260 g/mol. The molecule has 2 N–H and O–H groups in total. The molecule has 0 aliphatic carbocycles. The Labute approximate surface area is 126 Å². The fourth-order valence-corrected chi connectivity index (χ4v) is 3.22. The van der Waals surface area contributed by atoms with Gasteiger partial charge < -0.3 is 10.5 Å². The summed E-state index contributed by atoms with van der Waals surface area (Å²) in [6.45, 7) is 2.48. The third-order valence-electron chi connectivity index (χ3n) is 4.43. The summed E-state index contributed by atoms with van der Waals surface area (Å²) in [6, 6.07) is 15.4. The molecule has 0 radical (unpaired) electrons. The van der Waals surface area contributed by atoms with Crippen molar-refractivity contribution >= 4 is 10.8 Å². The number of ether oxygens (including phenoxy) is 1. The van der Waals surface area contributed by atoms with Gasteiger partial charge in [-0.1, -0.05) is 36.4 Å². The molecule has 3 nitrogen and oxygen atoms in total. The molecule has 0 bridgehead atoms. The first kappa shape index (κ1) is 14.5. The van der Waals surface area contributed by atoms with E-state index in [9.17, 15) is 0 Å². The molecule has 0 aromatic heterocycles. The van der Waals surface area contributed by atoms with Gasteiger partial charge in [0, 0.05) is 25.7 Å². The van der Waals surface area contributed by atoms with Crippen molar-refractivity contribution in [2.75, 3.05) is 26.7 Å². The van der Waals surface area contributed by atoms with E-state index in [-0.39, 0.29) is 6.04 Å². The SMILES string of the molecule is CN(CC1CCCO1)C(CN)c1ccc2ccccc2c1. The highest BCUT2D eigenvalue weighted by atomic mass is 16.5. The Hall–Kier alpha value is -1.42. The minimum Gasteiger partial charge on any atom is -0.377 e. The fraction of sp³-hybridized carbons (Fsp3) is 0.444. The van der Waals surface area contributed by atoms with Gasteiger partial charge in [0.25, 0.3) is 0 Å². The van der Waals surface area contributed by atoms with Crippen molar-refractivity contribution in [1.29, 1.82) is 0 Å². The van der Waals surface area contributed by atoms with Crippen molar-refractivity contribution in [3.8, 4) is 0 Å². The van der Waals surface area contributed by atoms with E-state index in [1.54, 1.807) is 0 Å². The van der Waals surface area contributed by atoms with Crippen LogP contribution in [0, 0.1) is 0 Å². The topological polar surface area (TPSA) is 38.5 Å². The average molecular weight is 284 g/mol. The summed E-state index contributed by atoms with van der Waals surface area (Å²) in [5.41, 5.74) is 7.33. The van der Waals surface area contributed by atoms with Crippen LogP contribution in [0.25, 0.3) is 10.8 Å². The number of benzene rings is 2. The van der Waals surface area contributed by atoms with Gasteiger partial charge in [-0.2, -0.15) is 0 Å². The van der Waals surface area contributed by atoms with Crippen LogP contribution in [0.1, 0.15) is 24.4 Å². The Kier molecular flexibility index (Phi) is 4.54. The Balaban J connectivity index is 1.79. The minimum absolute atomic E-state index is 0.249. The predicted octanol–water partition coefficient (Wildman–Crippen LogP) is 2.95. The van der Waals surface area contributed by atoms with Crippen molar-refractivity contribution < 1.29 is 4.74 Å². The Morgan fingerprint density at radius 1 is 1.24 bits per heavy atom. The largest absolute Gasteiger partial charge is 0.377 e. The van der Waals surface area contributed by atoms with Crippen molar-refractivity contribution in [3.05, 3.63) is 48.0 Å². The van der Waals surface area contributed by atoms with E-state index in [2.05, 4.69) is 54.4 Å². The number of rotatable bonds is 5. The van der Waals surface area contributed by atoms with Crippen molar-refractivity contribution in [3.63, 3.8) is 0 Å². The van der Waals surface area contributed by atoms with Crippen LogP contribution in [0.4, 0.5) is 0 Å². The second-order valence-corrected chi connectivity index (χ2v) is 5.93. The molecule has 1 heterocycles. The molecule has 1 fully saturated rings. The van der Waals surface area contributed by atoms with E-state index in [4.69, 9.17) is 10.5 Å². The van der Waals surface area contributed by atoms with Gasteiger partial charge in [0.1, 0.15) is 0 Å². The maximum Gasteiger partial charge on any atom is 0.0702 e. The van der Waals surface area contributed by atoms with Crippen LogP contribution in [-0.2, 0) is 4.74 Å². The molecule has 2 aromatic carbocycles. The molecule has 0 saturated carbocycles. The number of fused-ring (bicyclic) bond motifs is 1. The monoisotopic (exact) mass is 284 g/mol. The first-order valence-electron chi connectivity index (χ1n) is 7.78. The summed E-state index contributed by atoms with van der Waals surface area (Å²) in [5, 5.41) is 2.55. The lowest BCUT2D eigenvalue weighted by Crippen LogP contribution is -2.36. The van der Waals surface area contributed by atoms with Crippen LogP contribution in [0.2, 0.25) is 0 Å². The smallest absolute Gasteiger partial charge is 0.0702 e. The highest BCUT2D eigenvalue weighted by Gasteiger charge is 2.22. The summed E-state index contributed by atoms with van der Waals surface area (Å²) >= 11 is 0. The fourth-order valence-electron chi connectivity index (χ4n) is 3.22. The zero-order chi connectivity index (χ0) is 14.7. The summed E-state index contributed by atoms with van der Waals surface area (Å²) in [6.07, 6.45) is 2.71. The lowest BCUT2D eigenvalue weighted by molar-refractivity contribution is 0.0690. The van der Waals surface area contributed by atoms with Gasteiger partial charge in [-0.3, -0.25) is 4.90 Å². The Morgan fingerprint density at radius 3 is 2.76 bits per heavy atom. The minimum atomic E-state index is 0.249. The van der Waals surface area contributed by atoms with E-state index in [1.165, 1.54) is 29.2 Å². The third-order valence-corrected chi connectivity index (χ3v) is 4.43. The number of hydrogen-bond acceptors (Lipinski definition) is 3. The van der Waals surface area contributed by atoms with E-state index in [1.807, 2.05) is 0 Å². The lowest BCUT2D eigenvalue weighted by Gasteiger charge is -2.29. The second kappa shape index (κ2) is 6.56. The normalized spacial score (nSPS) is 20.2. The molecule has 2 unspecified atom stereocenters. The van der Waals surface area contributed by atoms with Crippen LogP contribution in [0.5, 0.6) is 0 Å². The van der Waals surface area contributed by atoms with Crippen LogP contribution in [-0.4, -0.2) is 37.7 Å². The molecule has 2 aromatic rings. The molecule has 3 rings (SSSR count). The number of nitrogens with two attached hydrogens (primary N) is 1. The number of likely N-dealkylation sites (N-methyl/N-ethyl adjacent to an activating group) is 1. The standard InChI is InChI=1S/C18H24N2O/c1-20(13-17-7-4-10-21-17)18(12-19)16-9-8-14-5-2-3-6-15(14)11-16/h2-3,5-6,8-9,11,17-18H,4,7,10,12-13,19H2,1H3. The molecule has 21 heavy (non-hydrogen) atoms. The zero-order valence-corrected chi connectivity index (χ0v) is 12.7. The van der Waals surface area contributed by atoms with E-state index >= 15 is 0 Å². The molecular formula is C18H24N2O. The van der Waals surface area contributed by atoms with E-state index in [0.29, 0.717) is 12.6 Å². The van der Waals surface area contributed by atoms with Crippen molar-refractivity contribution in [2.45, 2.75) is 25.0 Å². The van der Waals surface area contributed by atoms with Crippen molar-refractivity contribution in [1.82, 2.24) is 4.90 Å². The van der Waals surface area contributed by atoms with Gasteiger partial charge in [0.15, 0.2) is 0 Å². The second-order valence-electron chi connectivity index (χ2n) is 5.93. The van der Waals surface area contributed by atoms with Gasteiger partial charge in [0.05, 0.1) is 6.10 Å². The molecule has 1 saturated heterocycles. The van der Waals surface area contributed by atoms with Gasteiger partial charge in [0.2, 0.25) is 0 Å². The van der Waals surface area contributed by atoms with Crippen LogP contribution >= 0.6 is 0 Å². The molecule has 0 amide bonds.